The van der Waals surface area contributed by atoms with Gasteiger partial charge in [0, 0.05) is 16.6 Å². The fourth-order valence-electron chi connectivity index (χ4n) is 3.28. The van der Waals surface area contributed by atoms with Gasteiger partial charge in [0.2, 0.25) is 0 Å². The van der Waals surface area contributed by atoms with Crippen LogP contribution in [0.3, 0.4) is 0 Å². The Morgan fingerprint density at radius 3 is 2.24 bits per heavy atom. The molecule has 2 atom stereocenters. The minimum atomic E-state index is 0.138. The fourth-order valence-corrected chi connectivity index (χ4v) is 3.49. The topological polar surface area (TPSA) is 15.3 Å². The number of hydrogen-bond acceptors (Lipinski definition) is 2. The molecule has 2 unspecified atom stereocenters. The Hall–Kier alpha value is -0.570. The molecule has 21 heavy (non-hydrogen) atoms. The zero-order valence-electron chi connectivity index (χ0n) is 14.2. The van der Waals surface area contributed by atoms with Crippen molar-refractivity contribution in [2.24, 2.45) is 0 Å². The molecule has 1 rings (SSSR count). The smallest absolute Gasteiger partial charge is 0.0438 e. The molecule has 0 spiro atoms. The Labute approximate surface area is 135 Å². The molecule has 1 aromatic rings. The second-order valence-electron chi connectivity index (χ2n) is 5.79. The summed E-state index contributed by atoms with van der Waals surface area (Å²) in [5.74, 6) is 0. The van der Waals surface area contributed by atoms with Crippen molar-refractivity contribution in [1.29, 1.82) is 0 Å². The third-order valence-corrected chi connectivity index (χ3v) is 5.15. The maximum Gasteiger partial charge on any atom is 0.0438 e. The van der Waals surface area contributed by atoms with E-state index < -0.39 is 0 Å². The van der Waals surface area contributed by atoms with Gasteiger partial charge in [-0.15, -0.1) is 0 Å². The highest BCUT2D eigenvalue weighted by molar-refractivity contribution is 6.31. The first kappa shape index (κ1) is 18.5. The van der Waals surface area contributed by atoms with Gasteiger partial charge >= 0.3 is 0 Å². The molecule has 1 N–H and O–H groups in total. The van der Waals surface area contributed by atoms with Gasteiger partial charge in [-0.25, -0.2) is 0 Å². The normalized spacial score (nSPS) is 16.0. The molecule has 3 heteroatoms. The Bertz CT molecular complexity index is 417. The number of benzene rings is 1. The summed E-state index contributed by atoms with van der Waals surface area (Å²) in [7, 11) is 0. The van der Waals surface area contributed by atoms with Crippen LogP contribution < -0.4 is 5.32 Å². The van der Waals surface area contributed by atoms with E-state index in [0.717, 1.165) is 37.5 Å². The van der Waals surface area contributed by atoms with Crippen molar-refractivity contribution in [3.63, 3.8) is 0 Å². The van der Waals surface area contributed by atoms with Gasteiger partial charge in [0.05, 0.1) is 0 Å². The van der Waals surface area contributed by atoms with Crippen LogP contribution in [0.1, 0.15) is 46.6 Å². The van der Waals surface area contributed by atoms with E-state index in [9.17, 15) is 0 Å². The zero-order valence-corrected chi connectivity index (χ0v) is 15.0. The first-order chi connectivity index (χ1) is 10.0. The minimum absolute atomic E-state index is 0.138. The SMILES string of the molecule is CCNC(Cc1ccccc1Cl)C(C)(CC)N(CC)CC. The number of nitrogens with zero attached hydrogens (tertiary/aromatic N) is 1. The summed E-state index contributed by atoms with van der Waals surface area (Å²) in [5, 5.41) is 4.57. The summed E-state index contributed by atoms with van der Waals surface area (Å²) in [5.41, 5.74) is 1.37. The third kappa shape index (κ3) is 4.45. The van der Waals surface area contributed by atoms with Crippen molar-refractivity contribution in [2.75, 3.05) is 19.6 Å². The molecule has 0 aliphatic rings. The molecule has 0 bridgehead atoms. The number of hydrogen-bond donors (Lipinski definition) is 1. The summed E-state index contributed by atoms with van der Waals surface area (Å²) in [6.07, 6.45) is 2.09. The van der Waals surface area contributed by atoms with Gasteiger partial charge in [-0.3, -0.25) is 4.90 Å². The summed E-state index contributed by atoms with van der Waals surface area (Å²) in [6, 6.07) is 8.60. The summed E-state index contributed by atoms with van der Waals surface area (Å²) < 4.78 is 0. The van der Waals surface area contributed by atoms with E-state index in [0.29, 0.717) is 6.04 Å². The van der Waals surface area contributed by atoms with Gasteiger partial charge in [0.15, 0.2) is 0 Å². The molecule has 1 aromatic carbocycles. The highest BCUT2D eigenvalue weighted by Crippen LogP contribution is 2.28. The van der Waals surface area contributed by atoms with E-state index in [1.807, 2.05) is 12.1 Å². The van der Waals surface area contributed by atoms with Gasteiger partial charge in [-0.1, -0.05) is 57.5 Å². The molecule has 0 saturated carbocycles. The van der Waals surface area contributed by atoms with E-state index in [1.165, 1.54) is 5.56 Å². The zero-order chi connectivity index (χ0) is 15.9. The van der Waals surface area contributed by atoms with Crippen LogP contribution in [0.2, 0.25) is 5.02 Å². The van der Waals surface area contributed by atoms with Crippen molar-refractivity contribution in [1.82, 2.24) is 10.2 Å². The van der Waals surface area contributed by atoms with Crippen LogP contribution in [0.15, 0.2) is 24.3 Å². The lowest BCUT2D eigenvalue weighted by Crippen LogP contribution is -2.60. The predicted octanol–water partition coefficient (Wildman–Crippen LogP) is 4.37. The monoisotopic (exact) mass is 310 g/mol. The van der Waals surface area contributed by atoms with Crippen molar-refractivity contribution >= 4 is 11.6 Å². The summed E-state index contributed by atoms with van der Waals surface area (Å²) in [6.45, 7) is 14.5. The lowest BCUT2D eigenvalue weighted by molar-refractivity contribution is 0.0707. The average Bonchev–Trinajstić information content (AvgIpc) is 2.49. The molecule has 0 heterocycles. The van der Waals surface area contributed by atoms with Crippen molar-refractivity contribution in [2.45, 2.75) is 59.0 Å². The quantitative estimate of drug-likeness (QED) is 0.728. The van der Waals surface area contributed by atoms with E-state index in [-0.39, 0.29) is 5.54 Å². The lowest BCUT2D eigenvalue weighted by Gasteiger charge is -2.46. The number of rotatable bonds is 9. The molecular weight excluding hydrogens is 280 g/mol. The van der Waals surface area contributed by atoms with Crippen LogP contribution in [-0.4, -0.2) is 36.1 Å². The van der Waals surface area contributed by atoms with E-state index in [2.05, 4.69) is 57.0 Å². The number of nitrogens with one attached hydrogen (secondary N) is 1. The van der Waals surface area contributed by atoms with Crippen LogP contribution in [0.4, 0.5) is 0 Å². The molecule has 0 fully saturated rings. The van der Waals surface area contributed by atoms with E-state index in [4.69, 9.17) is 11.6 Å². The first-order valence-corrected chi connectivity index (χ1v) is 8.63. The van der Waals surface area contributed by atoms with Gasteiger partial charge < -0.3 is 5.32 Å². The highest BCUT2D eigenvalue weighted by atomic mass is 35.5. The Morgan fingerprint density at radius 2 is 1.76 bits per heavy atom. The number of likely N-dealkylation sites (N-methyl/N-ethyl adjacent to an activating group) is 2. The molecule has 0 amide bonds. The van der Waals surface area contributed by atoms with Crippen LogP contribution in [-0.2, 0) is 6.42 Å². The summed E-state index contributed by atoms with van der Waals surface area (Å²) in [4.78, 5) is 2.57. The van der Waals surface area contributed by atoms with Crippen LogP contribution in [0, 0.1) is 0 Å². The molecule has 0 aliphatic carbocycles. The average molecular weight is 311 g/mol. The summed E-state index contributed by atoms with van der Waals surface area (Å²) >= 11 is 6.37. The van der Waals surface area contributed by atoms with Crippen LogP contribution >= 0.6 is 11.6 Å². The van der Waals surface area contributed by atoms with Crippen LogP contribution in [0.5, 0.6) is 0 Å². The molecular formula is C18H31ClN2. The second kappa shape index (κ2) is 8.77. The first-order valence-electron chi connectivity index (χ1n) is 8.25. The molecule has 120 valence electrons. The van der Waals surface area contributed by atoms with Gasteiger partial charge in [0.25, 0.3) is 0 Å². The third-order valence-electron chi connectivity index (χ3n) is 4.78. The van der Waals surface area contributed by atoms with Crippen molar-refractivity contribution in [3.8, 4) is 0 Å². The maximum absolute atomic E-state index is 6.37. The molecule has 0 aliphatic heterocycles. The molecule has 0 saturated heterocycles. The fraction of sp³-hybridized carbons (Fsp3) is 0.667. The van der Waals surface area contributed by atoms with Crippen molar-refractivity contribution < 1.29 is 0 Å². The lowest BCUT2D eigenvalue weighted by atomic mass is 9.83. The standard InChI is InChI=1S/C18H31ClN2/c1-6-18(5,21(8-3)9-4)17(20-7-2)14-15-12-10-11-13-16(15)19/h10-13,17,20H,6-9,14H2,1-5H3. The van der Waals surface area contributed by atoms with Gasteiger partial charge in [0.1, 0.15) is 0 Å². The Balaban J connectivity index is 3.05. The maximum atomic E-state index is 6.37. The Kier molecular flexibility index (Phi) is 7.72. The molecule has 0 aromatic heterocycles. The Morgan fingerprint density at radius 1 is 1.14 bits per heavy atom. The molecule has 2 nitrogen and oxygen atoms in total. The minimum Gasteiger partial charge on any atom is -0.312 e. The van der Waals surface area contributed by atoms with Gasteiger partial charge in [-0.05, 0) is 51.0 Å². The predicted molar refractivity (Wildman–Crippen MR) is 94.2 cm³/mol. The largest absolute Gasteiger partial charge is 0.312 e. The van der Waals surface area contributed by atoms with E-state index >= 15 is 0 Å². The highest BCUT2D eigenvalue weighted by Gasteiger charge is 2.36. The van der Waals surface area contributed by atoms with Gasteiger partial charge in [-0.2, -0.15) is 0 Å². The molecule has 0 radical (unpaired) electrons. The second-order valence-corrected chi connectivity index (χ2v) is 6.20. The van der Waals surface area contributed by atoms with Crippen LogP contribution in [0.25, 0.3) is 0 Å². The van der Waals surface area contributed by atoms with Crippen molar-refractivity contribution in [3.05, 3.63) is 34.9 Å². The number of halogens is 1. The van der Waals surface area contributed by atoms with E-state index in [1.54, 1.807) is 0 Å².